The molecule has 0 aliphatic heterocycles. The highest BCUT2D eigenvalue weighted by Gasteiger charge is 2.31. The smallest absolute Gasteiger partial charge is 0.223 e. The predicted octanol–water partition coefficient (Wildman–Crippen LogP) is 1.27. The van der Waals surface area contributed by atoms with Crippen molar-refractivity contribution >= 4 is 23.1 Å². The van der Waals surface area contributed by atoms with Crippen LogP contribution in [-0.2, 0) is 8.27 Å². The molecule has 0 spiro atoms. The molecule has 0 amide bonds. The Balaban J connectivity index is 4.24. The lowest BCUT2D eigenvalue weighted by atomic mass is 10.8. The summed E-state index contributed by atoms with van der Waals surface area (Å²) in [6.45, 7) is 0. The van der Waals surface area contributed by atoms with E-state index < -0.39 is 20.2 Å². The number of rotatable bonds is 2. The third kappa shape index (κ3) is 3.04. The van der Waals surface area contributed by atoms with Gasteiger partial charge in [-0.3, -0.25) is 0 Å². The van der Waals surface area contributed by atoms with Gasteiger partial charge in [-0.15, -0.1) is 0 Å². The molecule has 0 aromatic heterocycles. The first-order valence-corrected chi connectivity index (χ1v) is 5.10. The van der Waals surface area contributed by atoms with E-state index in [-0.39, 0.29) is 0 Å². The third-order valence-corrected chi connectivity index (χ3v) is 2.28. The first-order valence-electron chi connectivity index (χ1n) is 1.71. The molecule has 0 N–H and O–H groups in total. The second-order valence-electron chi connectivity index (χ2n) is 1.16. The fraction of sp³-hybridized carbons (Fsp3) is 1.00. The van der Waals surface area contributed by atoms with Crippen molar-refractivity contribution in [2.45, 2.75) is 11.9 Å². The van der Waals surface area contributed by atoms with Gasteiger partial charge in [0.2, 0.25) is 8.27 Å². The largest absolute Gasteiger partial charge is 0.284 e. The standard InChI is InChI=1S/C2H2BrF3O2S/c3-9(7,8)2(6)1(4)5/h1-2H. The Bertz CT molecular complexity index is 176. The fourth-order valence-corrected chi connectivity index (χ4v) is 0.858. The molecule has 0 aliphatic carbocycles. The van der Waals surface area contributed by atoms with Crippen molar-refractivity contribution in [1.82, 2.24) is 0 Å². The Hall–Kier alpha value is 0.220. The maximum Gasteiger partial charge on any atom is 0.284 e. The Morgan fingerprint density at radius 1 is 1.22 bits per heavy atom. The van der Waals surface area contributed by atoms with Gasteiger partial charge in [-0.1, -0.05) is 0 Å². The molecule has 7 heteroatoms. The van der Waals surface area contributed by atoms with E-state index in [1.54, 1.807) is 14.8 Å². The van der Waals surface area contributed by atoms with Crippen LogP contribution in [0.25, 0.3) is 0 Å². The summed E-state index contributed by atoms with van der Waals surface area (Å²) in [5, 5.41) is 0. The molecule has 0 aromatic rings. The number of alkyl halides is 3. The normalized spacial score (nSPS) is 16.1. The molecule has 0 heterocycles. The summed E-state index contributed by atoms with van der Waals surface area (Å²) < 4.78 is 53.6. The zero-order chi connectivity index (χ0) is 7.65. The zero-order valence-electron chi connectivity index (χ0n) is 3.89. The number of hydrogen-bond acceptors (Lipinski definition) is 2. The monoisotopic (exact) mass is 226 g/mol. The van der Waals surface area contributed by atoms with E-state index in [2.05, 4.69) is 0 Å². The van der Waals surface area contributed by atoms with Gasteiger partial charge in [-0.05, 0) is 0 Å². The lowest BCUT2D eigenvalue weighted by molar-refractivity contribution is 0.0916. The topological polar surface area (TPSA) is 34.1 Å². The summed E-state index contributed by atoms with van der Waals surface area (Å²) in [4.78, 5) is 0. The van der Waals surface area contributed by atoms with E-state index in [4.69, 9.17) is 0 Å². The molecule has 0 saturated carbocycles. The first kappa shape index (κ1) is 9.22. The van der Waals surface area contributed by atoms with Crippen LogP contribution in [0.2, 0.25) is 0 Å². The van der Waals surface area contributed by atoms with Crippen LogP contribution in [0, 0.1) is 0 Å². The van der Waals surface area contributed by atoms with E-state index in [0.717, 1.165) is 0 Å². The SMILES string of the molecule is O=S(=O)(Br)C(F)C(F)F. The van der Waals surface area contributed by atoms with Crippen LogP contribution in [0.4, 0.5) is 13.2 Å². The molecule has 0 radical (unpaired) electrons. The van der Waals surface area contributed by atoms with E-state index in [1.165, 1.54) is 0 Å². The van der Waals surface area contributed by atoms with Gasteiger partial charge in [0.05, 0.1) is 14.8 Å². The van der Waals surface area contributed by atoms with Crippen molar-refractivity contribution in [2.24, 2.45) is 0 Å². The van der Waals surface area contributed by atoms with Crippen LogP contribution in [-0.4, -0.2) is 20.3 Å². The van der Waals surface area contributed by atoms with Crippen LogP contribution in [0.15, 0.2) is 0 Å². The average Bonchev–Trinajstić information content (AvgIpc) is 1.62. The van der Waals surface area contributed by atoms with Crippen LogP contribution in [0.5, 0.6) is 0 Å². The highest BCUT2D eigenvalue weighted by molar-refractivity contribution is 9.47. The quantitative estimate of drug-likeness (QED) is 0.665. The minimum atomic E-state index is -4.41. The maximum atomic E-state index is 11.6. The Morgan fingerprint density at radius 2 is 1.56 bits per heavy atom. The number of hydrogen-bond donors (Lipinski definition) is 0. The first-order chi connectivity index (χ1) is 3.85. The van der Waals surface area contributed by atoms with E-state index >= 15 is 0 Å². The molecule has 2 nitrogen and oxygen atoms in total. The van der Waals surface area contributed by atoms with Gasteiger partial charge in [0.15, 0.2) is 0 Å². The second-order valence-corrected chi connectivity index (χ2v) is 5.27. The van der Waals surface area contributed by atoms with Crippen LogP contribution in [0.3, 0.4) is 0 Å². The number of halogens is 4. The Labute approximate surface area is 57.2 Å². The van der Waals surface area contributed by atoms with Gasteiger partial charge < -0.3 is 0 Å². The third-order valence-electron chi connectivity index (χ3n) is 0.467. The molecule has 0 bridgehead atoms. The van der Waals surface area contributed by atoms with Crippen molar-refractivity contribution < 1.29 is 21.6 Å². The highest BCUT2D eigenvalue weighted by atomic mass is 79.9. The van der Waals surface area contributed by atoms with Crippen LogP contribution in [0.1, 0.15) is 0 Å². The average molecular weight is 227 g/mol. The minimum Gasteiger partial charge on any atom is -0.223 e. The van der Waals surface area contributed by atoms with Crippen LogP contribution < -0.4 is 0 Å². The predicted molar refractivity (Wildman–Crippen MR) is 28.7 cm³/mol. The van der Waals surface area contributed by atoms with E-state index in [1.807, 2.05) is 0 Å². The Kier molecular flexibility index (Phi) is 2.94. The van der Waals surface area contributed by atoms with Gasteiger partial charge >= 0.3 is 0 Å². The molecule has 0 saturated heterocycles. The summed E-state index contributed by atoms with van der Waals surface area (Å²) >= 11 is 1.76. The second kappa shape index (κ2) is 2.87. The summed E-state index contributed by atoms with van der Waals surface area (Å²) in [6.07, 6.45) is -3.49. The summed E-state index contributed by atoms with van der Waals surface area (Å²) in [6, 6.07) is 0. The summed E-state index contributed by atoms with van der Waals surface area (Å²) in [5.41, 5.74) is -3.13. The molecular formula is C2H2BrF3O2S. The molecule has 56 valence electrons. The van der Waals surface area contributed by atoms with Gasteiger partial charge in [-0.2, -0.15) is 0 Å². The molecule has 0 aliphatic rings. The molecule has 9 heavy (non-hydrogen) atoms. The molecule has 0 fully saturated rings. The van der Waals surface area contributed by atoms with Gasteiger partial charge in [0, 0.05) is 0 Å². The lowest BCUT2D eigenvalue weighted by Gasteiger charge is -1.99. The molecule has 0 rings (SSSR count). The van der Waals surface area contributed by atoms with Crippen molar-refractivity contribution in [3.8, 4) is 0 Å². The van der Waals surface area contributed by atoms with Crippen molar-refractivity contribution in [2.75, 3.05) is 0 Å². The van der Waals surface area contributed by atoms with Crippen molar-refractivity contribution in [1.29, 1.82) is 0 Å². The summed E-state index contributed by atoms with van der Waals surface area (Å²) in [7, 11) is -4.41. The highest BCUT2D eigenvalue weighted by Crippen LogP contribution is 2.17. The minimum absolute atomic E-state index is 1.76. The molecule has 1 atom stereocenters. The molecule has 1 unspecified atom stereocenters. The van der Waals surface area contributed by atoms with Gasteiger partial charge in [0.1, 0.15) is 0 Å². The Morgan fingerprint density at radius 3 is 1.56 bits per heavy atom. The molecular weight excluding hydrogens is 225 g/mol. The lowest BCUT2D eigenvalue weighted by Crippen LogP contribution is -2.18. The van der Waals surface area contributed by atoms with Crippen molar-refractivity contribution in [3.05, 3.63) is 0 Å². The molecule has 0 aromatic carbocycles. The van der Waals surface area contributed by atoms with Crippen LogP contribution >= 0.6 is 14.8 Å². The van der Waals surface area contributed by atoms with Crippen molar-refractivity contribution in [3.63, 3.8) is 0 Å². The fourth-order valence-electron chi connectivity index (χ4n) is 0.123. The van der Waals surface area contributed by atoms with Gasteiger partial charge in [0.25, 0.3) is 11.9 Å². The maximum absolute atomic E-state index is 11.6. The zero-order valence-corrected chi connectivity index (χ0v) is 6.29. The van der Waals surface area contributed by atoms with E-state index in [9.17, 15) is 21.6 Å². The van der Waals surface area contributed by atoms with Gasteiger partial charge in [-0.25, -0.2) is 21.6 Å². The van der Waals surface area contributed by atoms with E-state index in [0.29, 0.717) is 0 Å². The summed E-state index contributed by atoms with van der Waals surface area (Å²) in [5.74, 6) is 0.